The SMILES string of the molecule is CCCCC(=O)O[C@]1(C(=O)CO)CC[C@H]2[C@@H]3CCC4=CC(O)CC[C@]4(C)[C@H]3CC[C@@]21C. The molecule has 0 bridgehead atoms. The van der Waals surface area contributed by atoms with E-state index in [9.17, 15) is 19.8 Å². The summed E-state index contributed by atoms with van der Waals surface area (Å²) >= 11 is 0. The van der Waals surface area contributed by atoms with Crippen molar-refractivity contribution in [2.75, 3.05) is 6.61 Å². The minimum atomic E-state index is -1.18. The van der Waals surface area contributed by atoms with Crippen LogP contribution < -0.4 is 0 Å². The van der Waals surface area contributed by atoms with Gasteiger partial charge in [0, 0.05) is 11.8 Å². The number of hydrogen-bond donors (Lipinski definition) is 2. The number of fused-ring (bicyclic) bond motifs is 5. The highest BCUT2D eigenvalue weighted by molar-refractivity contribution is 5.92. The predicted octanol–water partition coefficient (Wildman–Crippen LogP) is 4.34. The van der Waals surface area contributed by atoms with Crippen molar-refractivity contribution in [2.24, 2.45) is 28.6 Å². The van der Waals surface area contributed by atoms with Crippen LogP contribution in [0.4, 0.5) is 0 Å². The van der Waals surface area contributed by atoms with Gasteiger partial charge in [-0.25, -0.2) is 0 Å². The van der Waals surface area contributed by atoms with E-state index in [1.165, 1.54) is 5.57 Å². The van der Waals surface area contributed by atoms with Crippen LogP contribution in [0.15, 0.2) is 11.6 Å². The number of unbranched alkanes of at least 4 members (excludes halogenated alkanes) is 1. The third-order valence-corrected chi connectivity index (χ3v) is 9.83. The lowest BCUT2D eigenvalue weighted by atomic mass is 9.46. The van der Waals surface area contributed by atoms with Gasteiger partial charge in [0.25, 0.3) is 0 Å². The topological polar surface area (TPSA) is 83.8 Å². The molecule has 4 rings (SSSR count). The van der Waals surface area contributed by atoms with Gasteiger partial charge in [-0.1, -0.05) is 38.8 Å². The van der Waals surface area contributed by atoms with E-state index in [1.807, 2.05) is 6.92 Å². The highest BCUT2D eigenvalue weighted by Crippen LogP contribution is 2.68. The Kier molecular flexibility index (Phi) is 6.15. The molecule has 7 atom stereocenters. The van der Waals surface area contributed by atoms with Gasteiger partial charge in [-0.05, 0) is 81.0 Å². The lowest BCUT2D eigenvalue weighted by Crippen LogP contribution is -2.59. The molecule has 3 fully saturated rings. The molecule has 2 N–H and O–H groups in total. The zero-order chi connectivity index (χ0) is 22.4. The van der Waals surface area contributed by atoms with Crippen LogP contribution in [0.1, 0.15) is 91.4 Å². The molecule has 0 aromatic carbocycles. The second kappa shape index (κ2) is 8.30. The third kappa shape index (κ3) is 3.42. The van der Waals surface area contributed by atoms with Crippen molar-refractivity contribution >= 4 is 11.8 Å². The summed E-state index contributed by atoms with van der Waals surface area (Å²) in [6.07, 6.45) is 11.0. The number of allylic oxidation sites excluding steroid dienone is 1. The zero-order valence-corrected chi connectivity index (χ0v) is 19.5. The number of rotatable bonds is 6. The molecule has 0 saturated heterocycles. The highest BCUT2D eigenvalue weighted by atomic mass is 16.6. The summed E-state index contributed by atoms with van der Waals surface area (Å²) in [5.74, 6) is 0.762. The van der Waals surface area contributed by atoms with E-state index in [4.69, 9.17) is 4.74 Å². The Bertz CT molecular complexity index is 759. The van der Waals surface area contributed by atoms with Crippen LogP contribution >= 0.6 is 0 Å². The van der Waals surface area contributed by atoms with Crippen molar-refractivity contribution in [3.8, 4) is 0 Å². The van der Waals surface area contributed by atoms with Gasteiger partial charge in [-0.2, -0.15) is 0 Å². The number of ether oxygens (including phenoxy) is 1. The van der Waals surface area contributed by atoms with E-state index in [0.29, 0.717) is 30.6 Å². The maximum Gasteiger partial charge on any atom is 0.306 e. The first-order valence-electron chi connectivity index (χ1n) is 12.5. The predicted molar refractivity (Wildman–Crippen MR) is 118 cm³/mol. The Hall–Kier alpha value is -1.20. The normalized spacial score (nSPS) is 44.0. The van der Waals surface area contributed by atoms with Gasteiger partial charge < -0.3 is 14.9 Å². The quantitative estimate of drug-likeness (QED) is 0.482. The Labute approximate surface area is 186 Å². The van der Waals surface area contributed by atoms with E-state index in [-0.39, 0.29) is 23.3 Å². The van der Waals surface area contributed by atoms with Crippen molar-refractivity contribution in [2.45, 2.75) is 103 Å². The lowest BCUT2D eigenvalue weighted by Gasteiger charge is -2.59. The molecule has 4 aliphatic carbocycles. The molecule has 0 spiro atoms. The van der Waals surface area contributed by atoms with Gasteiger partial charge in [0.1, 0.15) is 6.61 Å². The number of carbonyl (C=O) groups excluding carboxylic acids is 2. The minimum Gasteiger partial charge on any atom is -0.450 e. The maximum atomic E-state index is 13.1. The average Bonchev–Trinajstić information content (AvgIpc) is 3.05. The number of ketones is 1. The summed E-state index contributed by atoms with van der Waals surface area (Å²) in [5, 5.41) is 20.0. The molecule has 31 heavy (non-hydrogen) atoms. The molecule has 0 aliphatic heterocycles. The molecule has 5 nitrogen and oxygen atoms in total. The lowest BCUT2D eigenvalue weighted by molar-refractivity contribution is -0.191. The molecular formula is C26H40O5. The minimum absolute atomic E-state index is 0.132. The number of Topliss-reactive ketones (excluding diaryl/α,β-unsaturated/α-hetero) is 1. The third-order valence-electron chi connectivity index (χ3n) is 9.83. The fourth-order valence-corrected chi connectivity index (χ4v) is 8.08. The maximum absolute atomic E-state index is 13.1. The van der Waals surface area contributed by atoms with Crippen molar-refractivity contribution in [1.29, 1.82) is 0 Å². The molecule has 4 aliphatic rings. The second-order valence-corrected chi connectivity index (χ2v) is 11.1. The summed E-state index contributed by atoms with van der Waals surface area (Å²) < 4.78 is 6.06. The molecule has 0 heterocycles. The second-order valence-electron chi connectivity index (χ2n) is 11.1. The summed E-state index contributed by atoms with van der Waals surface area (Å²) in [7, 11) is 0. The van der Waals surface area contributed by atoms with Crippen molar-refractivity contribution in [3.63, 3.8) is 0 Å². The fourth-order valence-electron chi connectivity index (χ4n) is 8.08. The Morgan fingerprint density at radius 1 is 1.10 bits per heavy atom. The largest absolute Gasteiger partial charge is 0.450 e. The Morgan fingerprint density at radius 2 is 1.84 bits per heavy atom. The number of aliphatic hydroxyl groups is 2. The summed E-state index contributed by atoms with van der Waals surface area (Å²) in [4.78, 5) is 25.8. The van der Waals surface area contributed by atoms with Crippen LogP contribution in [0, 0.1) is 28.6 Å². The van der Waals surface area contributed by atoms with Crippen LogP contribution in [0.3, 0.4) is 0 Å². The summed E-state index contributed by atoms with van der Waals surface area (Å²) in [6, 6.07) is 0. The molecule has 0 amide bonds. The monoisotopic (exact) mass is 432 g/mol. The van der Waals surface area contributed by atoms with Gasteiger partial charge in [-0.15, -0.1) is 0 Å². The van der Waals surface area contributed by atoms with Crippen LogP contribution in [0.2, 0.25) is 0 Å². The van der Waals surface area contributed by atoms with E-state index < -0.39 is 17.6 Å². The molecular weight excluding hydrogens is 392 g/mol. The van der Waals surface area contributed by atoms with Crippen molar-refractivity contribution in [3.05, 3.63) is 11.6 Å². The number of esters is 1. The number of carbonyl (C=O) groups is 2. The van der Waals surface area contributed by atoms with Crippen molar-refractivity contribution in [1.82, 2.24) is 0 Å². The summed E-state index contributed by atoms with van der Waals surface area (Å²) in [5.41, 5.74) is -0.0327. The van der Waals surface area contributed by atoms with Gasteiger partial charge in [0.05, 0.1) is 6.10 Å². The van der Waals surface area contributed by atoms with Crippen molar-refractivity contribution < 1.29 is 24.5 Å². The smallest absolute Gasteiger partial charge is 0.306 e. The summed E-state index contributed by atoms with van der Waals surface area (Å²) in [6.45, 7) is 6.00. The van der Waals surface area contributed by atoms with Gasteiger partial charge in [0.15, 0.2) is 5.60 Å². The molecule has 5 heteroatoms. The van der Waals surface area contributed by atoms with Crippen LogP contribution in [-0.2, 0) is 14.3 Å². The first-order chi connectivity index (χ1) is 14.7. The Balaban J connectivity index is 1.64. The number of hydrogen-bond acceptors (Lipinski definition) is 5. The average molecular weight is 433 g/mol. The van der Waals surface area contributed by atoms with Crippen LogP contribution in [0.25, 0.3) is 0 Å². The highest BCUT2D eigenvalue weighted by Gasteiger charge is 2.68. The van der Waals surface area contributed by atoms with Crippen LogP contribution in [0.5, 0.6) is 0 Å². The fraction of sp³-hybridized carbons (Fsp3) is 0.846. The van der Waals surface area contributed by atoms with E-state index in [0.717, 1.165) is 57.8 Å². The first-order valence-corrected chi connectivity index (χ1v) is 12.5. The Morgan fingerprint density at radius 3 is 2.55 bits per heavy atom. The molecule has 0 aromatic heterocycles. The molecule has 0 aromatic rings. The molecule has 1 unspecified atom stereocenters. The van der Waals surface area contributed by atoms with Gasteiger partial charge >= 0.3 is 5.97 Å². The molecule has 174 valence electrons. The zero-order valence-electron chi connectivity index (χ0n) is 19.5. The van der Waals surface area contributed by atoms with Gasteiger partial charge in [0.2, 0.25) is 5.78 Å². The van der Waals surface area contributed by atoms with E-state index in [2.05, 4.69) is 19.9 Å². The van der Waals surface area contributed by atoms with E-state index >= 15 is 0 Å². The molecule has 0 radical (unpaired) electrons. The van der Waals surface area contributed by atoms with E-state index in [1.54, 1.807) is 0 Å². The standard InChI is InChI=1S/C26H40O5/c1-4-5-6-23(30)31-26(22(29)16-27)14-11-21-19-8-7-17-15-18(28)9-12-24(17,2)20(19)10-13-25(21,26)3/h15,18-21,27-28H,4-14,16H2,1-3H3/t18?,19-,20+,21+,24+,25+,26+/m1/s1. The first kappa shape index (κ1) is 23.0. The number of aliphatic hydroxyl groups excluding tert-OH is 2. The molecule has 3 saturated carbocycles. The van der Waals surface area contributed by atoms with Gasteiger partial charge in [-0.3, -0.25) is 9.59 Å². The van der Waals surface area contributed by atoms with Crippen LogP contribution in [-0.4, -0.2) is 40.3 Å².